The van der Waals surface area contributed by atoms with Crippen LogP contribution in [0.5, 0.6) is 0 Å². The summed E-state index contributed by atoms with van der Waals surface area (Å²) in [5.41, 5.74) is 0.206. The SMILES string of the molecule is Cc1ccc(S(=O)(=O)N2CCC[C@H]2C(=O)N[C@@H](CCC(=O)OC(C)(C)C)C(=O)O)cc1. The first-order valence-corrected chi connectivity index (χ1v) is 11.6. The van der Waals surface area contributed by atoms with Gasteiger partial charge in [0.2, 0.25) is 15.9 Å². The molecule has 10 heteroatoms. The predicted molar refractivity (Wildman–Crippen MR) is 113 cm³/mol. The lowest BCUT2D eigenvalue weighted by atomic mass is 10.1. The van der Waals surface area contributed by atoms with Crippen LogP contribution in [0.3, 0.4) is 0 Å². The molecule has 31 heavy (non-hydrogen) atoms. The number of sulfonamides is 1. The number of carboxylic acid groups (broad SMARTS) is 1. The molecule has 1 heterocycles. The van der Waals surface area contributed by atoms with Gasteiger partial charge in [0, 0.05) is 13.0 Å². The predicted octanol–water partition coefficient (Wildman–Crippen LogP) is 1.84. The average Bonchev–Trinajstić information content (AvgIpc) is 3.14. The van der Waals surface area contributed by atoms with E-state index in [1.807, 2.05) is 6.92 Å². The van der Waals surface area contributed by atoms with E-state index in [0.29, 0.717) is 6.42 Å². The van der Waals surface area contributed by atoms with E-state index in [1.54, 1.807) is 32.9 Å². The molecule has 1 aromatic rings. The van der Waals surface area contributed by atoms with Crippen molar-refractivity contribution in [3.8, 4) is 0 Å². The second-order valence-electron chi connectivity index (χ2n) is 8.61. The molecule has 1 aliphatic heterocycles. The van der Waals surface area contributed by atoms with Crippen molar-refractivity contribution in [3.05, 3.63) is 29.8 Å². The molecular weight excluding hydrogens is 424 g/mol. The van der Waals surface area contributed by atoms with E-state index in [4.69, 9.17) is 4.74 Å². The lowest BCUT2D eigenvalue weighted by Gasteiger charge is -2.25. The van der Waals surface area contributed by atoms with Crippen LogP contribution in [-0.4, -0.2) is 59.9 Å². The van der Waals surface area contributed by atoms with E-state index < -0.39 is 45.6 Å². The van der Waals surface area contributed by atoms with Crippen LogP contribution >= 0.6 is 0 Å². The molecule has 2 rings (SSSR count). The molecule has 1 fully saturated rings. The Kier molecular flexibility index (Phi) is 7.82. The number of hydrogen-bond acceptors (Lipinski definition) is 6. The van der Waals surface area contributed by atoms with Gasteiger partial charge in [-0.25, -0.2) is 13.2 Å². The first kappa shape index (κ1) is 24.8. The van der Waals surface area contributed by atoms with Gasteiger partial charge in [0.05, 0.1) is 4.90 Å². The maximum Gasteiger partial charge on any atom is 0.326 e. The summed E-state index contributed by atoms with van der Waals surface area (Å²) in [4.78, 5) is 36.3. The van der Waals surface area contributed by atoms with Gasteiger partial charge in [-0.2, -0.15) is 4.31 Å². The Morgan fingerprint density at radius 3 is 2.39 bits per heavy atom. The van der Waals surface area contributed by atoms with Crippen LogP contribution in [-0.2, 0) is 29.1 Å². The third-order valence-electron chi connectivity index (χ3n) is 4.81. The third kappa shape index (κ3) is 6.76. The smallest absolute Gasteiger partial charge is 0.326 e. The van der Waals surface area contributed by atoms with E-state index in [2.05, 4.69) is 5.32 Å². The summed E-state index contributed by atoms with van der Waals surface area (Å²) < 4.78 is 32.3. The molecule has 1 aromatic carbocycles. The van der Waals surface area contributed by atoms with Crippen LogP contribution in [0.25, 0.3) is 0 Å². The molecule has 1 amide bonds. The summed E-state index contributed by atoms with van der Waals surface area (Å²) in [6, 6.07) is 3.99. The lowest BCUT2D eigenvalue weighted by molar-refractivity contribution is -0.155. The minimum Gasteiger partial charge on any atom is -0.480 e. The number of aryl methyl sites for hydroxylation is 1. The maximum absolute atomic E-state index is 13.0. The highest BCUT2D eigenvalue weighted by atomic mass is 32.2. The number of nitrogens with zero attached hydrogens (tertiary/aromatic N) is 1. The van der Waals surface area contributed by atoms with Gasteiger partial charge in [0.15, 0.2) is 0 Å². The van der Waals surface area contributed by atoms with Crippen LogP contribution in [0.1, 0.15) is 52.0 Å². The fraction of sp³-hybridized carbons (Fsp3) is 0.571. The first-order chi connectivity index (χ1) is 14.3. The molecule has 0 aliphatic carbocycles. The van der Waals surface area contributed by atoms with E-state index in [1.165, 1.54) is 12.1 Å². The average molecular weight is 455 g/mol. The Morgan fingerprint density at radius 2 is 1.84 bits per heavy atom. The van der Waals surface area contributed by atoms with Crippen LogP contribution in [0.2, 0.25) is 0 Å². The summed E-state index contributed by atoms with van der Waals surface area (Å²) in [6.07, 6.45) is 0.423. The van der Waals surface area contributed by atoms with Crippen molar-refractivity contribution in [1.29, 1.82) is 0 Å². The van der Waals surface area contributed by atoms with Crippen molar-refractivity contribution in [2.45, 2.75) is 76.0 Å². The number of carbonyl (C=O) groups excluding carboxylic acids is 2. The molecule has 2 N–H and O–H groups in total. The zero-order valence-electron chi connectivity index (χ0n) is 18.3. The van der Waals surface area contributed by atoms with Gasteiger partial charge in [-0.3, -0.25) is 9.59 Å². The topological polar surface area (TPSA) is 130 Å². The number of esters is 1. The molecule has 1 aliphatic rings. The van der Waals surface area contributed by atoms with Gasteiger partial charge in [-0.1, -0.05) is 17.7 Å². The molecule has 9 nitrogen and oxygen atoms in total. The summed E-state index contributed by atoms with van der Waals surface area (Å²) in [7, 11) is -3.90. The fourth-order valence-electron chi connectivity index (χ4n) is 3.32. The number of amides is 1. The minimum absolute atomic E-state index is 0.0810. The number of carboxylic acids is 1. The summed E-state index contributed by atoms with van der Waals surface area (Å²) in [5.74, 6) is -2.56. The number of benzene rings is 1. The Labute approximate surface area is 182 Å². The molecule has 0 aromatic heterocycles. The summed E-state index contributed by atoms with van der Waals surface area (Å²) in [6.45, 7) is 7.11. The van der Waals surface area contributed by atoms with Gasteiger partial charge in [-0.05, 0) is 59.1 Å². The zero-order valence-corrected chi connectivity index (χ0v) is 19.1. The quantitative estimate of drug-likeness (QED) is 0.573. The van der Waals surface area contributed by atoms with E-state index >= 15 is 0 Å². The van der Waals surface area contributed by atoms with Gasteiger partial charge in [0.1, 0.15) is 17.7 Å². The molecule has 0 saturated carbocycles. The molecule has 0 radical (unpaired) electrons. The number of hydrogen-bond donors (Lipinski definition) is 2. The molecule has 0 unspecified atom stereocenters. The number of aliphatic carboxylic acids is 1. The normalized spacial score (nSPS) is 18.4. The standard InChI is InChI=1S/C21H30N2O7S/c1-14-7-9-15(10-8-14)31(28,29)23-13-5-6-17(23)19(25)22-16(20(26)27)11-12-18(24)30-21(2,3)4/h7-10,16-17H,5-6,11-13H2,1-4H3,(H,22,25)(H,26,27)/t16-,17-/m0/s1. The van der Waals surface area contributed by atoms with Crippen molar-refractivity contribution in [1.82, 2.24) is 9.62 Å². The molecule has 0 spiro atoms. The van der Waals surface area contributed by atoms with Crippen molar-refractivity contribution in [3.63, 3.8) is 0 Å². The second kappa shape index (κ2) is 9.78. The highest BCUT2D eigenvalue weighted by Crippen LogP contribution is 2.26. The van der Waals surface area contributed by atoms with Crippen LogP contribution in [0.4, 0.5) is 0 Å². The molecule has 1 saturated heterocycles. The lowest BCUT2D eigenvalue weighted by Crippen LogP contribution is -2.50. The highest BCUT2D eigenvalue weighted by molar-refractivity contribution is 7.89. The van der Waals surface area contributed by atoms with E-state index in [0.717, 1.165) is 9.87 Å². The molecule has 0 bridgehead atoms. The Hall–Kier alpha value is -2.46. The van der Waals surface area contributed by atoms with Crippen molar-refractivity contribution >= 4 is 27.9 Å². The number of ether oxygens (including phenoxy) is 1. The number of rotatable bonds is 8. The van der Waals surface area contributed by atoms with Crippen molar-refractivity contribution < 1.29 is 32.6 Å². The number of nitrogens with one attached hydrogen (secondary N) is 1. The second-order valence-corrected chi connectivity index (χ2v) is 10.5. The van der Waals surface area contributed by atoms with E-state index in [-0.39, 0.29) is 30.7 Å². The molecule has 2 atom stereocenters. The van der Waals surface area contributed by atoms with Crippen LogP contribution < -0.4 is 5.32 Å². The third-order valence-corrected chi connectivity index (χ3v) is 6.73. The highest BCUT2D eigenvalue weighted by Gasteiger charge is 2.40. The summed E-state index contributed by atoms with van der Waals surface area (Å²) >= 11 is 0. The molecule has 172 valence electrons. The van der Waals surface area contributed by atoms with Gasteiger partial charge >= 0.3 is 11.9 Å². The zero-order chi connectivity index (χ0) is 23.4. The minimum atomic E-state index is -3.90. The van der Waals surface area contributed by atoms with Crippen molar-refractivity contribution in [2.24, 2.45) is 0 Å². The Morgan fingerprint density at radius 1 is 1.23 bits per heavy atom. The monoisotopic (exact) mass is 454 g/mol. The van der Waals surface area contributed by atoms with Crippen LogP contribution in [0.15, 0.2) is 29.2 Å². The van der Waals surface area contributed by atoms with Gasteiger partial charge < -0.3 is 15.2 Å². The first-order valence-electron chi connectivity index (χ1n) is 10.1. The van der Waals surface area contributed by atoms with Gasteiger partial charge in [-0.15, -0.1) is 0 Å². The van der Waals surface area contributed by atoms with Crippen LogP contribution in [0, 0.1) is 6.92 Å². The maximum atomic E-state index is 13.0. The van der Waals surface area contributed by atoms with E-state index in [9.17, 15) is 27.9 Å². The van der Waals surface area contributed by atoms with Gasteiger partial charge in [0.25, 0.3) is 0 Å². The summed E-state index contributed by atoms with van der Waals surface area (Å²) in [5, 5.41) is 11.8. The Bertz CT molecular complexity index is 920. The Balaban J connectivity index is 2.08. The van der Waals surface area contributed by atoms with Crippen molar-refractivity contribution in [2.75, 3.05) is 6.54 Å². The number of carbonyl (C=O) groups is 3. The fourth-order valence-corrected chi connectivity index (χ4v) is 4.97. The molecular formula is C21H30N2O7S. The largest absolute Gasteiger partial charge is 0.480 e.